The Hall–Kier alpha value is -4.44. The number of hydroxylamine groups is 3. The summed E-state index contributed by atoms with van der Waals surface area (Å²) in [5.41, 5.74) is 6.47. The molecular weight excluding hydrogens is 584 g/mol. The average molecular weight is 623 g/mol. The predicted molar refractivity (Wildman–Crippen MR) is 172 cm³/mol. The maximum absolute atomic E-state index is 14.2. The van der Waals surface area contributed by atoms with Gasteiger partial charge in [0.1, 0.15) is 11.8 Å². The molecule has 0 amide bonds. The molecule has 9 rings (SSSR count). The molecule has 9 nitrogen and oxygen atoms in total. The first-order chi connectivity index (χ1) is 22.3. The number of fused-ring (bicyclic) bond motifs is 3. The number of quaternary nitrogens is 1. The van der Waals surface area contributed by atoms with E-state index in [2.05, 4.69) is 36.2 Å². The summed E-state index contributed by atoms with van der Waals surface area (Å²) in [4.78, 5) is 2.38. The van der Waals surface area contributed by atoms with E-state index in [1.165, 1.54) is 11.1 Å². The predicted octanol–water partition coefficient (Wildman–Crippen LogP) is 6.89. The lowest BCUT2D eigenvalue weighted by Gasteiger charge is -2.49. The Morgan fingerprint density at radius 2 is 1.57 bits per heavy atom. The van der Waals surface area contributed by atoms with Crippen LogP contribution >= 0.6 is 0 Å². The second-order valence-corrected chi connectivity index (χ2v) is 12.9. The van der Waals surface area contributed by atoms with E-state index >= 15 is 0 Å². The fraction of sp³-hybridized carbons (Fsp3) is 0.351. The van der Waals surface area contributed by atoms with Crippen molar-refractivity contribution in [2.75, 3.05) is 48.2 Å². The van der Waals surface area contributed by atoms with E-state index in [9.17, 15) is 5.21 Å². The average Bonchev–Trinajstić information content (AvgIpc) is 3.53. The van der Waals surface area contributed by atoms with Crippen LogP contribution in [0.15, 0.2) is 60.7 Å². The summed E-state index contributed by atoms with van der Waals surface area (Å²) < 4.78 is 36.4. The number of nitrogens with zero attached hydrogens (tertiary/aromatic N) is 2. The molecule has 5 aliphatic rings. The molecule has 0 N–H and O–H groups in total. The number of ether oxygens (including phenoxy) is 6. The lowest BCUT2D eigenvalue weighted by molar-refractivity contribution is -0.894. The van der Waals surface area contributed by atoms with Gasteiger partial charge in [0.05, 0.1) is 33.4 Å². The Balaban J connectivity index is 1.35. The van der Waals surface area contributed by atoms with Crippen molar-refractivity contribution < 1.29 is 33.1 Å². The summed E-state index contributed by atoms with van der Waals surface area (Å²) in [7, 11) is 7.24. The molecule has 238 valence electrons. The third-order valence-corrected chi connectivity index (χ3v) is 10.1. The molecule has 6 bridgehead atoms. The Morgan fingerprint density at radius 3 is 2.37 bits per heavy atom. The van der Waals surface area contributed by atoms with E-state index in [1.807, 2.05) is 36.4 Å². The second-order valence-electron chi connectivity index (χ2n) is 12.9. The molecule has 3 atom stereocenters. The summed E-state index contributed by atoms with van der Waals surface area (Å²) in [5.74, 6) is 4.97. The third kappa shape index (κ3) is 4.90. The number of benzene rings is 4. The molecule has 0 radical (unpaired) electrons. The van der Waals surface area contributed by atoms with Crippen LogP contribution in [0.3, 0.4) is 0 Å². The highest BCUT2D eigenvalue weighted by molar-refractivity contribution is 5.64. The van der Waals surface area contributed by atoms with E-state index in [4.69, 9.17) is 28.4 Å². The van der Waals surface area contributed by atoms with Gasteiger partial charge >= 0.3 is 0 Å². The van der Waals surface area contributed by atoms with Crippen molar-refractivity contribution in [2.45, 2.75) is 37.8 Å². The summed E-state index contributed by atoms with van der Waals surface area (Å²) in [6, 6.07) is 20.0. The first kappa shape index (κ1) is 29.0. The van der Waals surface area contributed by atoms with Crippen LogP contribution in [0, 0.1) is 5.21 Å². The third-order valence-electron chi connectivity index (χ3n) is 10.1. The van der Waals surface area contributed by atoms with Gasteiger partial charge in [-0.05, 0) is 90.2 Å². The Labute approximate surface area is 268 Å². The van der Waals surface area contributed by atoms with Crippen LogP contribution in [0.5, 0.6) is 46.0 Å². The largest absolute Gasteiger partial charge is 0.633 e. The van der Waals surface area contributed by atoms with Gasteiger partial charge in [-0.3, -0.25) is 4.90 Å². The van der Waals surface area contributed by atoms with Gasteiger partial charge in [0.25, 0.3) is 0 Å². The summed E-state index contributed by atoms with van der Waals surface area (Å²) in [5, 5.41) is 14.2. The highest BCUT2D eigenvalue weighted by Gasteiger charge is 2.40. The minimum atomic E-state index is -0.432. The quantitative estimate of drug-likeness (QED) is 0.177. The van der Waals surface area contributed by atoms with Crippen molar-refractivity contribution in [2.24, 2.45) is 0 Å². The van der Waals surface area contributed by atoms with Crippen molar-refractivity contribution in [3.8, 4) is 46.0 Å². The fourth-order valence-corrected chi connectivity index (χ4v) is 7.46. The Kier molecular flexibility index (Phi) is 7.01. The highest BCUT2D eigenvalue weighted by Crippen LogP contribution is 2.54. The van der Waals surface area contributed by atoms with Crippen LogP contribution < -0.4 is 28.4 Å². The smallest absolute Gasteiger partial charge is 0.231 e. The molecule has 9 heteroatoms. The van der Waals surface area contributed by atoms with Gasteiger partial charge in [-0.25, -0.2) is 0 Å². The van der Waals surface area contributed by atoms with E-state index in [1.54, 1.807) is 21.3 Å². The van der Waals surface area contributed by atoms with Gasteiger partial charge in [0.2, 0.25) is 12.5 Å². The van der Waals surface area contributed by atoms with Crippen LogP contribution in [0.25, 0.3) is 0 Å². The maximum atomic E-state index is 14.2. The molecule has 0 fully saturated rings. The zero-order chi connectivity index (χ0) is 31.6. The molecule has 4 aromatic carbocycles. The van der Waals surface area contributed by atoms with Crippen LogP contribution in [0.2, 0.25) is 0 Å². The van der Waals surface area contributed by atoms with Gasteiger partial charge in [0, 0.05) is 25.4 Å². The number of likely N-dealkylation sites (N-methyl/N-ethyl adjacent to an activating group) is 2. The number of methoxy groups -OCH3 is 2. The molecule has 0 spiro atoms. The van der Waals surface area contributed by atoms with Crippen molar-refractivity contribution in [3.05, 3.63) is 99.3 Å². The van der Waals surface area contributed by atoms with E-state index in [0.29, 0.717) is 65.4 Å². The zero-order valence-electron chi connectivity index (χ0n) is 26.6. The lowest BCUT2D eigenvalue weighted by Crippen LogP contribution is -2.47. The molecule has 0 aliphatic carbocycles. The number of rotatable bonds is 2. The van der Waals surface area contributed by atoms with Gasteiger partial charge in [-0.15, -0.1) is 0 Å². The summed E-state index contributed by atoms with van der Waals surface area (Å²) >= 11 is 0. The van der Waals surface area contributed by atoms with Crippen molar-refractivity contribution in [1.82, 2.24) is 4.90 Å². The van der Waals surface area contributed by atoms with Crippen molar-refractivity contribution in [1.29, 1.82) is 0 Å². The van der Waals surface area contributed by atoms with Crippen LogP contribution in [-0.2, 0) is 25.7 Å². The lowest BCUT2D eigenvalue weighted by atomic mass is 9.87. The normalized spacial score (nSPS) is 23.0. The first-order valence-corrected chi connectivity index (χ1v) is 15.9. The van der Waals surface area contributed by atoms with Crippen molar-refractivity contribution in [3.63, 3.8) is 0 Å². The molecule has 4 aromatic rings. The van der Waals surface area contributed by atoms with E-state index < -0.39 is 10.7 Å². The second kappa shape index (κ2) is 11.1. The molecule has 0 saturated carbocycles. The number of hydrogen-bond acceptors (Lipinski definition) is 8. The molecule has 0 aromatic heterocycles. The molecule has 46 heavy (non-hydrogen) atoms. The van der Waals surface area contributed by atoms with Crippen molar-refractivity contribution >= 4 is 0 Å². The van der Waals surface area contributed by atoms with E-state index in [-0.39, 0.29) is 12.8 Å². The molecular formula is C37H38N2O7. The number of hydrogen-bond donors (Lipinski definition) is 0. The van der Waals surface area contributed by atoms with Crippen LogP contribution in [-0.4, -0.2) is 57.7 Å². The summed E-state index contributed by atoms with van der Waals surface area (Å²) in [6.07, 6.45) is 2.78. The molecule has 5 heterocycles. The van der Waals surface area contributed by atoms with Gasteiger partial charge in [0.15, 0.2) is 34.5 Å². The molecule has 0 saturated heterocycles. The molecule has 5 aliphatic heterocycles. The zero-order valence-corrected chi connectivity index (χ0v) is 26.6. The van der Waals surface area contributed by atoms with Gasteiger partial charge in [-0.2, -0.15) is 0 Å². The summed E-state index contributed by atoms with van der Waals surface area (Å²) in [6.45, 7) is 1.46. The van der Waals surface area contributed by atoms with E-state index in [0.717, 1.165) is 41.6 Å². The standard InChI is InChI=1S/C37H38N2O7/c1-38-13-11-24-18-31(42-4)33-20-27(24)28(38)15-23-7-10-30(41-3)32(17-23)45-26-8-5-22(6-9-26)16-29-35-25(12-14-39(29,2)40)19-34-36(37(35)46-33)44-21-43-34/h5-10,17-20,28-29H,11-16,21H2,1-4H3/t28-,29+,39-/m1/s1. The minimum Gasteiger partial charge on any atom is -0.633 e. The molecule has 0 unspecified atom stereocenters. The first-order valence-electron chi connectivity index (χ1n) is 15.9. The van der Waals surface area contributed by atoms with Crippen LogP contribution in [0.1, 0.15) is 45.5 Å². The maximum Gasteiger partial charge on any atom is 0.231 e. The topological polar surface area (TPSA) is 81.7 Å². The minimum absolute atomic E-state index is 0.0840. The van der Waals surface area contributed by atoms with Crippen LogP contribution in [0.4, 0.5) is 0 Å². The van der Waals surface area contributed by atoms with Gasteiger partial charge < -0.3 is 38.3 Å². The highest BCUT2D eigenvalue weighted by atomic mass is 16.7. The van der Waals surface area contributed by atoms with Gasteiger partial charge in [-0.1, -0.05) is 18.2 Å². The SMILES string of the molecule is COc1ccc2cc1Oc1ccc(cc1)C[C@H]1c3c(cc4c(c3Oc3cc5c(cc3OC)CCN(C)[C@@H]5C2)OCO4)CC[N@@+]1(C)[O-]. The Morgan fingerprint density at radius 1 is 0.783 bits per heavy atom. The Bertz CT molecular complexity index is 1820. The fourth-order valence-electron chi connectivity index (χ4n) is 7.46. The monoisotopic (exact) mass is 622 g/mol.